The van der Waals surface area contributed by atoms with Crippen LogP contribution in [0.3, 0.4) is 0 Å². The van der Waals surface area contributed by atoms with Crippen LogP contribution in [0.5, 0.6) is 0 Å². The molecule has 1 aromatic carbocycles. The predicted octanol–water partition coefficient (Wildman–Crippen LogP) is 2.19. The van der Waals surface area contributed by atoms with Crippen LogP contribution in [0.15, 0.2) is 18.2 Å². The number of carbonyl (C=O) groups is 1. The fraction of sp³-hybridized carbons (Fsp3) is 0.500. The zero-order chi connectivity index (χ0) is 14.8. The maximum atomic E-state index is 12.4. The molecular formula is C16H22N4O. The highest BCUT2D eigenvalue weighted by Crippen LogP contribution is 2.23. The van der Waals surface area contributed by atoms with Crippen LogP contribution >= 0.6 is 0 Å². The summed E-state index contributed by atoms with van der Waals surface area (Å²) in [6.45, 7) is 4.26. The molecule has 3 rings (SSSR count). The lowest BCUT2D eigenvalue weighted by Gasteiger charge is -2.17. The summed E-state index contributed by atoms with van der Waals surface area (Å²) in [5.74, 6) is 1.14. The Morgan fingerprint density at radius 3 is 2.81 bits per heavy atom. The molecule has 0 spiro atoms. The second-order valence-electron chi connectivity index (χ2n) is 5.67. The van der Waals surface area contributed by atoms with Gasteiger partial charge < -0.3 is 15.2 Å². The molecular weight excluding hydrogens is 264 g/mol. The van der Waals surface area contributed by atoms with Gasteiger partial charge in [0.2, 0.25) is 5.91 Å². The van der Waals surface area contributed by atoms with Crippen molar-refractivity contribution in [1.29, 1.82) is 0 Å². The van der Waals surface area contributed by atoms with Gasteiger partial charge in [-0.05, 0) is 31.4 Å². The fourth-order valence-electron chi connectivity index (χ4n) is 3.01. The molecule has 1 aromatic heterocycles. The van der Waals surface area contributed by atoms with E-state index in [2.05, 4.69) is 11.9 Å². The van der Waals surface area contributed by atoms with E-state index in [0.29, 0.717) is 12.2 Å². The van der Waals surface area contributed by atoms with Gasteiger partial charge in [-0.1, -0.05) is 13.0 Å². The van der Waals surface area contributed by atoms with E-state index in [1.807, 2.05) is 27.7 Å². The summed E-state index contributed by atoms with van der Waals surface area (Å²) in [7, 11) is 0. The van der Waals surface area contributed by atoms with Crippen molar-refractivity contribution in [2.75, 3.05) is 18.8 Å². The SMILES string of the molecule is CCCc1nc2c(N)cccc2n1CC(=O)N1CCCC1. The third-order valence-corrected chi connectivity index (χ3v) is 4.11. The molecule has 5 nitrogen and oxygen atoms in total. The molecule has 0 saturated carbocycles. The molecule has 1 amide bonds. The van der Waals surface area contributed by atoms with Gasteiger partial charge in [-0.2, -0.15) is 0 Å². The third kappa shape index (κ3) is 2.60. The Morgan fingerprint density at radius 1 is 1.33 bits per heavy atom. The number of amides is 1. The quantitative estimate of drug-likeness (QED) is 0.876. The number of nitrogen functional groups attached to an aromatic ring is 1. The molecule has 1 aliphatic rings. The maximum Gasteiger partial charge on any atom is 0.242 e. The van der Waals surface area contributed by atoms with E-state index in [4.69, 9.17) is 5.73 Å². The number of aryl methyl sites for hydroxylation is 1. The minimum atomic E-state index is 0.187. The minimum Gasteiger partial charge on any atom is -0.397 e. The number of fused-ring (bicyclic) bond motifs is 1. The van der Waals surface area contributed by atoms with Crippen molar-refractivity contribution < 1.29 is 4.79 Å². The van der Waals surface area contributed by atoms with Crippen LogP contribution in [-0.2, 0) is 17.8 Å². The fourth-order valence-corrected chi connectivity index (χ4v) is 3.01. The highest BCUT2D eigenvalue weighted by atomic mass is 16.2. The highest BCUT2D eigenvalue weighted by molar-refractivity contribution is 5.89. The number of carbonyl (C=O) groups excluding carboxylic acids is 1. The van der Waals surface area contributed by atoms with E-state index in [9.17, 15) is 4.79 Å². The van der Waals surface area contributed by atoms with Gasteiger partial charge in [0.15, 0.2) is 0 Å². The molecule has 0 radical (unpaired) electrons. The van der Waals surface area contributed by atoms with Crippen LogP contribution in [-0.4, -0.2) is 33.4 Å². The topological polar surface area (TPSA) is 64.1 Å². The zero-order valence-corrected chi connectivity index (χ0v) is 12.5. The summed E-state index contributed by atoms with van der Waals surface area (Å²) < 4.78 is 2.04. The Bertz CT molecular complexity index is 656. The molecule has 0 bridgehead atoms. The zero-order valence-electron chi connectivity index (χ0n) is 12.5. The van der Waals surface area contributed by atoms with Crippen LogP contribution in [0, 0.1) is 0 Å². The Hall–Kier alpha value is -2.04. The summed E-state index contributed by atoms with van der Waals surface area (Å²) in [5.41, 5.74) is 8.47. The third-order valence-electron chi connectivity index (χ3n) is 4.11. The number of para-hydroxylation sites is 1. The number of hydrogen-bond donors (Lipinski definition) is 1. The largest absolute Gasteiger partial charge is 0.397 e. The molecule has 21 heavy (non-hydrogen) atoms. The molecule has 2 aromatic rings. The molecule has 0 atom stereocenters. The smallest absolute Gasteiger partial charge is 0.242 e. The number of benzene rings is 1. The number of anilines is 1. The van der Waals surface area contributed by atoms with Gasteiger partial charge in [0.25, 0.3) is 0 Å². The molecule has 2 N–H and O–H groups in total. The van der Waals surface area contributed by atoms with Gasteiger partial charge in [-0.25, -0.2) is 4.98 Å². The van der Waals surface area contributed by atoms with Crippen LogP contribution in [0.1, 0.15) is 32.0 Å². The molecule has 0 unspecified atom stereocenters. The average molecular weight is 286 g/mol. The number of nitrogens with two attached hydrogens (primary N) is 1. The molecule has 1 fully saturated rings. The van der Waals surface area contributed by atoms with Crippen molar-refractivity contribution >= 4 is 22.6 Å². The van der Waals surface area contributed by atoms with Crippen LogP contribution in [0.4, 0.5) is 5.69 Å². The number of aromatic nitrogens is 2. The second kappa shape index (κ2) is 5.76. The minimum absolute atomic E-state index is 0.187. The predicted molar refractivity (Wildman–Crippen MR) is 84.0 cm³/mol. The van der Waals surface area contributed by atoms with Gasteiger partial charge in [0, 0.05) is 19.5 Å². The van der Waals surface area contributed by atoms with Gasteiger partial charge in [0.05, 0.1) is 11.2 Å². The first-order valence-electron chi connectivity index (χ1n) is 7.72. The molecule has 1 aliphatic heterocycles. The highest BCUT2D eigenvalue weighted by Gasteiger charge is 2.21. The van der Waals surface area contributed by atoms with Crippen molar-refractivity contribution in [1.82, 2.24) is 14.5 Å². The Morgan fingerprint density at radius 2 is 2.10 bits per heavy atom. The van der Waals surface area contributed by atoms with Crippen molar-refractivity contribution in [3.63, 3.8) is 0 Å². The van der Waals surface area contributed by atoms with E-state index in [0.717, 1.165) is 55.6 Å². The number of nitrogens with zero attached hydrogens (tertiary/aromatic N) is 3. The number of likely N-dealkylation sites (tertiary alicyclic amines) is 1. The molecule has 5 heteroatoms. The number of rotatable bonds is 4. The first-order valence-corrected chi connectivity index (χ1v) is 7.72. The lowest BCUT2D eigenvalue weighted by Crippen LogP contribution is -2.31. The summed E-state index contributed by atoms with van der Waals surface area (Å²) in [4.78, 5) is 19.0. The Balaban J connectivity index is 1.96. The van der Waals surface area contributed by atoms with Gasteiger partial charge in [0.1, 0.15) is 17.9 Å². The van der Waals surface area contributed by atoms with E-state index >= 15 is 0 Å². The number of hydrogen-bond acceptors (Lipinski definition) is 3. The molecule has 2 heterocycles. The van der Waals surface area contributed by atoms with Gasteiger partial charge >= 0.3 is 0 Å². The standard InChI is InChI=1S/C16H22N4O/c1-2-6-14-18-16-12(17)7-5-8-13(16)20(14)11-15(21)19-9-3-4-10-19/h5,7-8H,2-4,6,9-11,17H2,1H3. The lowest BCUT2D eigenvalue weighted by molar-refractivity contribution is -0.130. The van der Waals surface area contributed by atoms with E-state index in [1.165, 1.54) is 0 Å². The normalized spacial score (nSPS) is 15.0. The lowest BCUT2D eigenvalue weighted by atomic mass is 10.2. The summed E-state index contributed by atoms with van der Waals surface area (Å²) in [5, 5.41) is 0. The average Bonchev–Trinajstić information content (AvgIpc) is 3.10. The first kappa shape index (κ1) is 13.9. The van der Waals surface area contributed by atoms with E-state index in [-0.39, 0.29) is 5.91 Å². The van der Waals surface area contributed by atoms with Crippen molar-refractivity contribution in [3.05, 3.63) is 24.0 Å². The summed E-state index contributed by atoms with van der Waals surface area (Å²) >= 11 is 0. The van der Waals surface area contributed by atoms with Crippen molar-refractivity contribution in [2.24, 2.45) is 0 Å². The Labute approximate surface area is 124 Å². The van der Waals surface area contributed by atoms with Crippen LogP contribution in [0.25, 0.3) is 11.0 Å². The summed E-state index contributed by atoms with van der Waals surface area (Å²) in [6.07, 6.45) is 4.10. The van der Waals surface area contributed by atoms with Crippen molar-refractivity contribution in [3.8, 4) is 0 Å². The van der Waals surface area contributed by atoms with Crippen LogP contribution in [0.2, 0.25) is 0 Å². The van der Waals surface area contributed by atoms with E-state index < -0.39 is 0 Å². The molecule has 112 valence electrons. The monoisotopic (exact) mass is 286 g/mol. The van der Waals surface area contributed by atoms with Gasteiger partial charge in [-0.3, -0.25) is 4.79 Å². The summed E-state index contributed by atoms with van der Waals surface area (Å²) in [6, 6.07) is 5.78. The maximum absolute atomic E-state index is 12.4. The second-order valence-corrected chi connectivity index (χ2v) is 5.67. The number of imidazole rings is 1. The van der Waals surface area contributed by atoms with Crippen LogP contribution < -0.4 is 5.73 Å². The van der Waals surface area contributed by atoms with E-state index in [1.54, 1.807) is 0 Å². The molecule has 1 saturated heterocycles. The van der Waals surface area contributed by atoms with Crippen molar-refractivity contribution in [2.45, 2.75) is 39.2 Å². The van der Waals surface area contributed by atoms with Gasteiger partial charge in [-0.15, -0.1) is 0 Å². The first-order chi connectivity index (χ1) is 10.2. The molecule has 0 aliphatic carbocycles. The Kier molecular flexibility index (Phi) is 3.82.